The summed E-state index contributed by atoms with van der Waals surface area (Å²) < 4.78 is 5.80. The van der Waals surface area contributed by atoms with Crippen LogP contribution in [-0.2, 0) is 16.1 Å². The fraction of sp³-hybridized carbons (Fsp3) is 0.481. The minimum Gasteiger partial charge on any atom is -0.484 e. The van der Waals surface area contributed by atoms with Crippen LogP contribution in [0.1, 0.15) is 61.3 Å². The third-order valence-electron chi connectivity index (χ3n) is 6.43. The third-order valence-corrected chi connectivity index (χ3v) is 6.43. The smallest absolute Gasteiger partial charge is 0.261 e. The van der Waals surface area contributed by atoms with Gasteiger partial charge in [-0.15, -0.1) is 0 Å². The van der Waals surface area contributed by atoms with E-state index in [0.29, 0.717) is 12.3 Å². The highest BCUT2D eigenvalue weighted by atomic mass is 16.5. The van der Waals surface area contributed by atoms with E-state index in [0.717, 1.165) is 42.4 Å². The first kappa shape index (κ1) is 23.8. The van der Waals surface area contributed by atoms with Crippen molar-refractivity contribution in [1.29, 1.82) is 0 Å². The number of carbonyl (C=O) groups excluding carboxylic acids is 2. The summed E-state index contributed by atoms with van der Waals surface area (Å²) in [5.41, 5.74) is 4.45. The van der Waals surface area contributed by atoms with Crippen molar-refractivity contribution in [3.8, 4) is 5.75 Å². The molecule has 0 aliphatic heterocycles. The van der Waals surface area contributed by atoms with Gasteiger partial charge < -0.3 is 15.0 Å². The van der Waals surface area contributed by atoms with E-state index in [1.54, 1.807) is 11.8 Å². The molecule has 2 aromatic rings. The maximum atomic E-state index is 13.2. The van der Waals surface area contributed by atoms with Gasteiger partial charge in [0.1, 0.15) is 11.8 Å². The molecule has 32 heavy (non-hydrogen) atoms. The van der Waals surface area contributed by atoms with E-state index < -0.39 is 6.04 Å². The monoisotopic (exact) mass is 436 g/mol. The van der Waals surface area contributed by atoms with Crippen LogP contribution in [0.15, 0.2) is 42.5 Å². The molecule has 2 aromatic carbocycles. The van der Waals surface area contributed by atoms with Gasteiger partial charge in [-0.3, -0.25) is 9.59 Å². The van der Waals surface area contributed by atoms with Crippen molar-refractivity contribution in [2.45, 2.75) is 78.4 Å². The first-order chi connectivity index (χ1) is 15.3. The molecule has 1 fully saturated rings. The molecule has 1 N–H and O–H groups in total. The molecule has 0 spiro atoms. The SMILES string of the molecule is Cc1ccc(CN(C(=O)COc2ccc(C)c(C)c2)[C@H](C)C(=O)NC2CCCCC2)cc1. The van der Waals surface area contributed by atoms with E-state index in [9.17, 15) is 9.59 Å². The van der Waals surface area contributed by atoms with Crippen LogP contribution in [0.5, 0.6) is 5.75 Å². The maximum Gasteiger partial charge on any atom is 0.261 e. The Balaban J connectivity index is 1.70. The molecular formula is C27H36N2O3. The fourth-order valence-corrected chi connectivity index (χ4v) is 4.07. The van der Waals surface area contributed by atoms with E-state index in [2.05, 4.69) is 5.32 Å². The summed E-state index contributed by atoms with van der Waals surface area (Å²) in [5, 5.41) is 3.16. The lowest BCUT2D eigenvalue weighted by Gasteiger charge is -2.31. The molecule has 3 rings (SSSR count). The van der Waals surface area contributed by atoms with Crippen LogP contribution < -0.4 is 10.1 Å². The number of rotatable bonds is 8. The number of hydrogen-bond acceptors (Lipinski definition) is 3. The molecule has 0 unspecified atom stereocenters. The summed E-state index contributed by atoms with van der Waals surface area (Å²) in [6.07, 6.45) is 5.56. The lowest BCUT2D eigenvalue weighted by molar-refractivity contribution is -0.142. The Kier molecular flexibility index (Phi) is 8.32. The number of amides is 2. The van der Waals surface area contributed by atoms with Gasteiger partial charge >= 0.3 is 0 Å². The quantitative estimate of drug-likeness (QED) is 0.643. The van der Waals surface area contributed by atoms with Crippen LogP contribution in [0.3, 0.4) is 0 Å². The number of nitrogens with zero attached hydrogens (tertiary/aromatic N) is 1. The second-order valence-corrected chi connectivity index (χ2v) is 9.06. The van der Waals surface area contributed by atoms with E-state index in [-0.39, 0.29) is 24.5 Å². The zero-order valence-electron chi connectivity index (χ0n) is 19.8. The largest absolute Gasteiger partial charge is 0.484 e. The van der Waals surface area contributed by atoms with Crippen LogP contribution in [0, 0.1) is 20.8 Å². The molecule has 5 nitrogen and oxygen atoms in total. The fourth-order valence-electron chi connectivity index (χ4n) is 4.07. The molecule has 1 atom stereocenters. The van der Waals surface area contributed by atoms with Crippen LogP contribution in [0.2, 0.25) is 0 Å². The average molecular weight is 437 g/mol. The molecule has 0 aromatic heterocycles. The highest BCUT2D eigenvalue weighted by molar-refractivity contribution is 5.88. The minimum absolute atomic E-state index is 0.0939. The number of benzene rings is 2. The van der Waals surface area contributed by atoms with Gasteiger partial charge in [-0.2, -0.15) is 0 Å². The molecule has 1 aliphatic rings. The molecule has 1 saturated carbocycles. The zero-order valence-corrected chi connectivity index (χ0v) is 19.8. The summed E-state index contributed by atoms with van der Waals surface area (Å²) in [5.74, 6) is 0.370. The minimum atomic E-state index is -0.575. The van der Waals surface area contributed by atoms with Crippen LogP contribution in [-0.4, -0.2) is 35.4 Å². The van der Waals surface area contributed by atoms with Crippen molar-refractivity contribution in [2.75, 3.05) is 6.61 Å². The van der Waals surface area contributed by atoms with E-state index in [1.807, 2.05) is 63.2 Å². The molecule has 1 aliphatic carbocycles. The van der Waals surface area contributed by atoms with Gasteiger partial charge in [0.05, 0.1) is 0 Å². The second-order valence-electron chi connectivity index (χ2n) is 9.06. The molecule has 0 bridgehead atoms. The molecule has 0 saturated heterocycles. The van der Waals surface area contributed by atoms with E-state index >= 15 is 0 Å². The number of hydrogen-bond donors (Lipinski definition) is 1. The number of carbonyl (C=O) groups is 2. The predicted molar refractivity (Wildman–Crippen MR) is 128 cm³/mol. The lowest BCUT2D eigenvalue weighted by atomic mass is 9.95. The van der Waals surface area contributed by atoms with Gasteiger partial charge in [-0.1, -0.05) is 55.2 Å². The van der Waals surface area contributed by atoms with Gasteiger partial charge in [0.15, 0.2) is 6.61 Å². The van der Waals surface area contributed by atoms with Gasteiger partial charge in [-0.05, 0) is 69.4 Å². The second kappa shape index (κ2) is 11.2. The van der Waals surface area contributed by atoms with Crippen molar-refractivity contribution in [3.63, 3.8) is 0 Å². The van der Waals surface area contributed by atoms with Crippen molar-refractivity contribution in [3.05, 3.63) is 64.7 Å². The Morgan fingerprint density at radius 1 is 1.00 bits per heavy atom. The highest BCUT2D eigenvalue weighted by Crippen LogP contribution is 2.19. The highest BCUT2D eigenvalue weighted by Gasteiger charge is 2.28. The summed E-state index contributed by atoms with van der Waals surface area (Å²) >= 11 is 0. The van der Waals surface area contributed by atoms with Crippen LogP contribution >= 0.6 is 0 Å². The zero-order chi connectivity index (χ0) is 23.1. The van der Waals surface area contributed by atoms with Crippen LogP contribution in [0.4, 0.5) is 0 Å². The van der Waals surface area contributed by atoms with E-state index in [1.165, 1.54) is 12.0 Å². The van der Waals surface area contributed by atoms with Crippen molar-refractivity contribution >= 4 is 11.8 Å². The molecule has 2 amide bonds. The topological polar surface area (TPSA) is 58.6 Å². The Morgan fingerprint density at radius 2 is 1.69 bits per heavy atom. The van der Waals surface area contributed by atoms with Gasteiger partial charge in [0, 0.05) is 12.6 Å². The Labute approximate surface area is 192 Å². The third kappa shape index (κ3) is 6.59. The molecule has 0 radical (unpaired) electrons. The van der Waals surface area contributed by atoms with Gasteiger partial charge in [0.2, 0.25) is 5.91 Å². The van der Waals surface area contributed by atoms with Gasteiger partial charge in [0.25, 0.3) is 5.91 Å². The molecule has 0 heterocycles. The number of aryl methyl sites for hydroxylation is 3. The summed E-state index contributed by atoms with van der Waals surface area (Å²) in [6, 6.07) is 13.5. The summed E-state index contributed by atoms with van der Waals surface area (Å²) in [7, 11) is 0. The van der Waals surface area contributed by atoms with Crippen molar-refractivity contribution in [1.82, 2.24) is 10.2 Å². The summed E-state index contributed by atoms with van der Waals surface area (Å²) in [4.78, 5) is 27.8. The van der Waals surface area contributed by atoms with Crippen LogP contribution in [0.25, 0.3) is 0 Å². The predicted octanol–water partition coefficient (Wildman–Crippen LogP) is 4.86. The summed E-state index contributed by atoms with van der Waals surface area (Å²) in [6.45, 7) is 8.17. The molecule has 5 heteroatoms. The lowest BCUT2D eigenvalue weighted by Crippen LogP contribution is -2.51. The van der Waals surface area contributed by atoms with Crippen molar-refractivity contribution in [2.24, 2.45) is 0 Å². The maximum absolute atomic E-state index is 13.2. The normalized spacial score (nSPS) is 15.1. The van der Waals surface area contributed by atoms with Gasteiger partial charge in [-0.25, -0.2) is 0 Å². The van der Waals surface area contributed by atoms with E-state index in [4.69, 9.17) is 4.74 Å². The number of ether oxygens (including phenoxy) is 1. The Hall–Kier alpha value is -2.82. The molecular weight excluding hydrogens is 400 g/mol. The van der Waals surface area contributed by atoms with Crippen molar-refractivity contribution < 1.29 is 14.3 Å². The Morgan fingerprint density at radius 3 is 2.34 bits per heavy atom. The first-order valence-electron chi connectivity index (χ1n) is 11.7. The first-order valence-corrected chi connectivity index (χ1v) is 11.7. The number of nitrogens with one attached hydrogen (secondary N) is 1. The Bertz CT molecular complexity index is 917. The molecule has 172 valence electrons. The average Bonchev–Trinajstić information content (AvgIpc) is 2.79. The standard InChI is InChI=1S/C27H36N2O3/c1-19-10-13-23(14-11-19)17-29(22(4)27(31)28-24-8-6-5-7-9-24)26(30)18-32-25-15-12-20(2)21(3)16-25/h10-16,22,24H,5-9,17-18H2,1-4H3,(H,28,31)/t22-/m1/s1.